The van der Waals surface area contributed by atoms with Gasteiger partial charge in [0.1, 0.15) is 0 Å². The number of rotatable bonds is 7. The number of nitrogens with one attached hydrogen (secondary N) is 1. The van der Waals surface area contributed by atoms with Crippen molar-refractivity contribution in [3.05, 3.63) is 29.8 Å². The van der Waals surface area contributed by atoms with Crippen molar-refractivity contribution in [2.45, 2.75) is 32.2 Å². The van der Waals surface area contributed by atoms with Crippen molar-refractivity contribution in [2.24, 2.45) is 0 Å². The van der Waals surface area contributed by atoms with E-state index < -0.39 is 0 Å². The molecular weight excluding hydrogens is 228 g/mol. The van der Waals surface area contributed by atoms with E-state index in [0.717, 1.165) is 17.7 Å². The van der Waals surface area contributed by atoms with Gasteiger partial charge in [0.15, 0.2) is 0 Å². The number of carbonyl (C=O) groups excluding carboxylic acids is 1. The third-order valence-corrected chi connectivity index (χ3v) is 2.84. The van der Waals surface area contributed by atoms with Gasteiger partial charge in [0.05, 0.1) is 0 Å². The van der Waals surface area contributed by atoms with Gasteiger partial charge in [-0.05, 0) is 31.4 Å². The van der Waals surface area contributed by atoms with Crippen LogP contribution in [0.1, 0.15) is 25.3 Å². The molecule has 0 aliphatic heterocycles. The molecule has 0 aliphatic carbocycles. The van der Waals surface area contributed by atoms with Crippen LogP contribution in [0.2, 0.25) is 0 Å². The van der Waals surface area contributed by atoms with E-state index in [2.05, 4.69) is 5.32 Å². The van der Waals surface area contributed by atoms with Crippen LogP contribution in [0.3, 0.4) is 0 Å². The van der Waals surface area contributed by atoms with Crippen molar-refractivity contribution in [1.29, 1.82) is 0 Å². The molecule has 0 saturated carbocycles. The number of carbonyl (C=O) groups is 1. The van der Waals surface area contributed by atoms with Crippen LogP contribution in [0.4, 0.5) is 5.69 Å². The smallest absolute Gasteiger partial charge is 0.220 e. The molecule has 18 heavy (non-hydrogen) atoms. The predicted molar refractivity (Wildman–Crippen MR) is 73.3 cm³/mol. The van der Waals surface area contributed by atoms with E-state index in [9.17, 15) is 4.79 Å². The molecule has 0 aromatic heterocycles. The maximum Gasteiger partial charge on any atom is 0.220 e. The SMILES string of the molecule is COCCC(C)NC(=O)CCc1ccccc1N. The van der Waals surface area contributed by atoms with Crippen molar-refractivity contribution < 1.29 is 9.53 Å². The van der Waals surface area contributed by atoms with Crippen LogP contribution < -0.4 is 11.1 Å². The summed E-state index contributed by atoms with van der Waals surface area (Å²) in [6.07, 6.45) is 1.97. The zero-order valence-electron chi connectivity index (χ0n) is 11.1. The second kappa shape index (κ2) is 7.71. The standard InChI is InChI=1S/C14H22N2O2/c1-11(9-10-18-2)16-14(17)8-7-12-5-3-4-6-13(12)15/h3-6,11H,7-10,15H2,1-2H3,(H,16,17). The average Bonchev–Trinajstić information content (AvgIpc) is 2.35. The van der Waals surface area contributed by atoms with Crippen molar-refractivity contribution in [3.8, 4) is 0 Å². The number of para-hydroxylation sites is 1. The van der Waals surface area contributed by atoms with Gasteiger partial charge in [0.2, 0.25) is 5.91 Å². The summed E-state index contributed by atoms with van der Waals surface area (Å²) in [5, 5.41) is 2.94. The summed E-state index contributed by atoms with van der Waals surface area (Å²) >= 11 is 0. The first-order valence-corrected chi connectivity index (χ1v) is 6.25. The predicted octanol–water partition coefficient (Wildman–Crippen LogP) is 1.74. The normalized spacial score (nSPS) is 12.1. The summed E-state index contributed by atoms with van der Waals surface area (Å²) in [5.74, 6) is 0.0573. The first-order valence-electron chi connectivity index (χ1n) is 6.25. The molecule has 0 radical (unpaired) electrons. The maximum absolute atomic E-state index is 11.7. The number of benzene rings is 1. The molecule has 1 rings (SSSR count). The van der Waals surface area contributed by atoms with Crippen LogP contribution in [0.5, 0.6) is 0 Å². The van der Waals surface area contributed by atoms with Crippen LogP contribution in [0.25, 0.3) is 0 Å². The minimum atomic E-state index is 0.0573. The zero-order valence-corrected chi connectivity index (χ0v) is 11.1. The Balaban J connectivity index is 2.31. The van der Waals surface area contributed by atoms with Gasteiger partial charge in [0, 0.05) is 31.9 Å². The van der Waals surface area contributed by atoms with Gasteiger partial charge in [-0.3, -0.25) is 4.79 Å². The Morgan fingerprint density at radius 2 is 2.17 bits per heavy atom. The molecule has 4 heteroatoms. The Kier molecular flexibility index (Phi) is 6.22. The monoisotopic (exact) mass is 250 g/mol. The molecule has 4 nitrogen and oxygen atoms in total. The van der Waals surface area contributed by atoms with Crippen molar-refractivity contribution in [2.75, 3.05) is 19.5 Å². The topological polar surface area (TPSA) is 64.3 Å². The lowest BCUT2D eigenvalue weighted by atomic mass is 10.1. The lowest BCUT2D eigenvalue weighted by Crippen LogP contribution is -2.33. The van der Waals surface area contributed by atoms with E-state index in [1.165, 1.54) is 0 Å². The van der Waals surface area contributed by atoms with Crippen molar-refractivity contribution >= 4 is 11.6 Å². The van der Waals surface area contributed by atoms with Gasteiger partial charge in [-0.25, -0.2) is 0 Å². The van der Waals surface area contributed by atoms with Crippen LogP contribution in [-0.4, -0.2) is 25.7 Å². The van der Waals surface area contributed by atoms with Crippen LogP contribution >= 0.6 is 0 Å². The van der Waals surface area contributed by atoms with Gasteiger partial charge >= 0.3 is 0 Å². The molecular formula is C14H22N2O2. The van der Waals surface area contributed by atoms with E-state index in [0.29, 0.717) is 19.4 Å². The van der Waals surface area contributed by atoms with Crippen molar-refractivity contribution in [3.63, 3.8) is 0 Å². The fraction of sp³-hybridized carbons (Fsp3) is 0.500. The quantitative estimate of drug-likeness (QED) is 0.724. The van der Waals surface area contributed by atoms with Crippen molar-refractivity contribution in [1.82, 2.24) is 5.32 Å². The molecule has 1 unspecified atom stereocenters. The highest BCUT2D eigenvalue weighted by atomic mass is 16.5. The molecule has 0 bridgehead atoms. The van der Waals surface area contributed by atoms with Gasteiger partial charge in [-0.2, -0.15) is 0 Å². The number of amides is 1. The largest absolute Gasteiger partial charge is 0.399 e. The number of anilines is 1. The zero-order chi connectivity index (χ0) is 13.4. The Labute approximate surface area is 109 Å². The average molecular weight is 250 g/mol. The number of hydrogen-bond donors (Lipinski definition) is 2. The molecule has 0 saturated heterocycles. The summed E-state index contributed by atoms with van der Waals surface area (Å²) < 4.78 is 4.97. The Morgan fingerprint density at radius 3 is 2.83 bits per heavy atom. The number of aryl methyl sites for hydroxylation is 1. The molecule has 1 aromatic rings. The Hall–Kier alpha value is -1.55. The highest BCUT2D eigenvalue weighted by Gasteiger charge is 2.08. The number of ether oxygens (including phenoxy) is 1. The van der Waals surface area contributed by atoms with Gasteiger partial charge < -0.3 is 15.8 Å². The van der Waals surface area contributed by atoms with Crippen LogP contribution in [-0.2, 0) is 16.0 Å². The summed E-state index contributed by atoms with van der Waals surface area (Å²) in [7, 11) is 1.66. The van der Waals surface area contributed by atoms with Gasteiger partial charge in [0.25, 0.3) is 0 Å². The molecule has 1 aromatic carbocycles. The molecule has 1 amide bonds. The van der Waals surface area contributed by atoms with E-state index in [1.54, 1.807) is 7.11 Å². The van der Waals surface area contributed by atoms with Gasteiger partial charge in [-0.1, -0.05) is 18.2 Å². The fourth-order valence-corrected chi connectivity index (χ4v) is 1.72. The molecule has 1 atom stereocenters. The summed E-state index contributed by atoms with van der Waals surface area (Å²) in [6, 6.07) is 7.78. The molecule has 0 heterocycles. The number of nitrogens with two attached hydrogens (primary N) is 1. The maximum atomic E-state index is 11.7. The molecule has 0 spiro atoms. The Morgan fingerprint density at radius 1 is 1.44 bits per heavy atom. The second-order valence-electron chi connectivity index (χ2n) is 4.45. The molecule has 0 fully saturated rings. The summed E-state index contributed by atoms with van der Waals surface area (Å²) in [4.78, 5) is 11.7. The first kappa shape index (κ1) is 14.5. The Bertz CT molecular complexity index is 380. The lowest BCUT2D eigenvalue weighted by Gasteiger charge is -2.13. The van der Waals surface area contributed by atoms with Crippen LogP contribution in [0, 0.1) is 0 Å². The highest BCUT2D eigenvalue weighted by Crippen LogP contribution is 2.12. The van der Waals surface area contributed by atoms with E-state index in [1.807, 2.05) is 31.2 Å². The summed E-state index contributed by atoms with van der Waals surface area (Å²) in [5.41, 5.74) is 7.60. The van der Waals surface area contributed by atoms with Gasteiger partial charge in [-0.15, -0.1) is 0 Å². The third kappa shape index (κ3) is 5.19. The molecule has 0 aliphatic rings. The number of hydrogen-bond acceptors (Lipinski definition) is 3. The second-order valence-corrected chi connectivity index (χ2v) is 4.45. The minimum Gasteiger partial charge on any atom is -0.399 e. The number of methoxy groups -OCH3 is 1. The molecule has 100 valence electrons. The fourth-order valence-electron chi connectivity index (χ4n) is 1.72. The molecule has 3 N–H and O–H groups in total. The van der Waals surface area contributed by atoms with E-state index >= 15 is 0 Å². The first-order chi connectivity index (χ1) is 8.63. The lowest BCUT2D eigenvalue weighted by molar-refractivity contribution is -0.121. The van der Waals surface area contributed by atoms with Crippen LogP contribution in [0.15, 0.2) is 24.3 Å². The minimum absolute atomic E-state index is 0.0573. The number of nitrogen functional groups attached to an aromatic ring is 1. The van der Waals surface area contributed by atoms with E-state index in [4.69, 9.17) is 10.5 Å². The summed E-state index contributed by atoms with van der Waals surface area (Å²) in [6.45, 7) is 2.64. The van der Waals surface area contributed by atoms with E-state index in [-0.39, 0.29) is 11.9 Å². The third-order valence-electron chi connectivity index (χ3n) is 2.84. The highest BCUT2D eigenvalue weighted by molar-refractivity contribution is 5.76.